The van der Waals surface area contributed by atoms with Gasteiger partial charge in [-0.1, -0.05) is 47.0 Å². The van der Waals surface area contributed by atoms with E-state index in [4.69, 9.17) is 5.73 Å². The summed E-state index contributed by atoms with van der Waals surface area (Å²) >= 11 is 3.63. The van der Waals surface area contributed by atoms with Crippen LogP contribution >= 0.6 is 34.9 Å². The van der Waals surface area contributed by atoms with Crippen molar-refractivity contribution in [2.24, 2.45) is 5.73 Å². The second kappa shape index (κ2) is 10.9. The number of nitrogens with one attached hydrogen (secondary N) is 2. The van der Waals surface area contributed by atoms with Crippen molar-refractivity contribution in [3.05, 3.63) is 59.9 Å². The van der Waals surface area contributed by atoms with Crippen LogP contribution in [0, 0.1) is 5.82 Å². The molecule has 0 atom stereocenters. The smallest absolute Gasteiger partial charge is 0.257 e. The van der Waals surface area contributed by atoms with Crippen LogP contribution in [0.25, 0.3) is 0 Å². The molecule has 3 amide bonds. The minimum atomic E-state index is -0.448. The summed E-state index contributed by atoms with van der Waals surface area (Å²) in [6.45, 7) is 0. The molecular formula is C19H16FN5O3S3. The molecule has 0 radical (unpaired) electrons. The molecule has 31 heavy (non-hydrogen) atoms. The molecule has 1 heterocycles. The van der Waals surface area contributed by atoms with E-state index in [9.17, 15) is 18.8 Å². The van der Waals surface area contributed by atoms with Crippen molar-refractivity contribution >= 4 is 64.0 Å². The van der Waals surface area contributed by atoms with E-state index in [1.54, 1.807) is 24.3 Å². The molecule has 0 aliphatic heterocycles. The highest BCUT2D eigenvalue weighted by Gasteiger charge is 2.15. The van der Waals surface area contributed by atoms with Crippen molar-refractivity contribution in [1.82, 2.24) is 10.2 Å². The highest BCUT2D eigenvalue weighted by atomic mass is 32.2. The van der Waals surface area contributed by atoms with Crippen LogP contribution in [-0.2, 0) is 9.59 Å². The van der Waals surface area contributed by atoms with Gasteiger partial charge < -0.3 is 16.4 Å². The maximum atomic E-state index is 13.0. The van der Waals surface area contributed by atoms with Crippen LogP contribution in [0.3, 0.4) is 0 Å². The second-order valence-corrected chi connectivity index (χ2v) is 9.35. The number of thioether (sulfide) groups is 2. The van der Waals surface area contributed by atoms with Crippen molar-refractivity contribution < 1.29 is 18.8 Å². The Morgan fingerprint density at radius 3 is 2.26 bits per heavy atom. The number of rotatable bonds is 9. The van der Waals surface area contributed by atoms with Crippen molar-refractivity contribution in [2.75, 3.05) is 22.1 Å². The van der Waals surface area contributed by atoms with Gasteiger partial charge in [-0.3, -0.25) is 14.4 Å². The van der Waals surface area contributed by atoms with E-state index in [0.29, 0.717) is 20.1 Å². The van der Waals surface area contributed by atoms with E-state index in [1.165, 1.54) is 59.1 Å². The summed E-state index contributed by atoms with van der Waals surface area (Å²) in [4.78, 5) is 35.8. The van der Waals surface area contributed by atoms with Gasteiger partial charge in [-0.2, -0.15) is 0 Å². The molecule has 0 unspecified atom stereocenters. The van der Waals surface area contributed by atoms with Crippen molar-refractivity contribution in [3.63, 3.8) is 0 Å². The molecule has 0 saturated heterocycles. The number of nitrogens with two attached hydrogens (primary N) is 1. The van der Waals surface area contributed by atoms with E-state index in [1.807, 2.05) is 0 Å². The third-order valence-electron chi connectivity index (χ3n) is 3.60. The molecule has 0 spiro atoms. The van der Waals surface area contributed by atoms with Gasteiger partial charge >= 0.3 is 0 Å². The molecule has 0 bridgehead atoms. The predicted molar refractivity (Wildman–Crippen MR) is 120 cm³/mol. The monoisotopic (exact) mass is 477 g/mol. The number of primary amides is 1. The average Bonchev–Trinajstić information content (AvgIpc) is 3.21. The normalized spacial score (nSPS) is 10.5. The summed E-state index contributed by atoms with van der Waals surface area (Å²) < 4.78 is 14.2. The number of carbonyl (C=O) groups excluding carboxylic acids is 3. The number of aromatic nitrogens is 2. The first-order valence-corrected chi connectivity index (χ1v) is 11.5. The highest BCUT2D eigenvalue weighted by Crippen LogP contribution is 2.28. The number of halogens is 1. The highest BCUT2D eigenvalue weighted by molar-refractivity contribution is 8.03. The Kier molecular flexibility index (Phi) is 7.98. The lowest BCUT2D eigenvalue weighted by Crippen LogP contribution is -2.19. The zero-order valence-electron chi connectivity index (χ0n) is 15.8. The Morgan fingerprint density at radius 2 is 1.58 bits per heavy atom. The molecule has 0 saturated carbocycles. The lowest BCUT2D eigenvalue weighted by Gasteiger charge is -2.11. The summed E-state index contributed by atoms with van der Waals surface area (Å²) in [5.41, 5.74) is 6.15. The van der Waals surface area contributed by atoms with E-state index in [0.717, 1.165) is 0 Å². The van der Waals surface area contributed by atoms with Crippen LogP contribution in [0.4, 0.5) is 15.8 Å². The van der Waals surface area contributed by atoms with Crippen LogP contribution in [0.15, 0.2) is 57.2 Å². The first kappa shape index (κ1) is 22.7. The van der Waals surface area contributed by atoms with E-state index in [2.05, 4.69) is 20.8 Å². The minimum Gasteiger partial charge on any atom is -0.369 e. The first-order valence-electron chi connectivity index (χ1n) is 8.74. The molecule has 1 aromatic heterocycles. The number of amides is 3. The summed E-state index contributed by atoms with van der Waals surface area (Å²) in [6.07, 6.45) is 0. The molecule has 8 nitrogen and oxygen atoms in total. The Morgan fingerprint density at radius 1 is 0.935 bits per heavy atom. The second-order valence-electron chi connectivity index (χ2n) is 5.93. The molecule has 12 heteroatoms. The van der Waals surface area contributed by atoms with Gasteiger partial charge in [0.2, 0.25) is 11.8 Å². The molecule has 3 aromatic rings. The lowest BCUT2D eigenvalue weighted by molar-refractivity contribution is -0.115. The van der Waals surface area contributed by atoms with Gasteiger partial charge in [-0.15, -0.1) is 10.2 Å². The maximum absolute atomic E-state index is 13.0. The number of anilines is 2. The maximum Gasteiger partial charge on any atom is 0.257 e. The zero-order chi connectivity index (χ0) is 22.2. The van der Waals surface area contributed by atoms with Gasteiger partial charge in [0.15, 0.2) is 8.68 Å². The van der Waals surface area contributed by atoms with E-state index < -0.39 is 17.6 Å². The number of hydrogen-bond acceptors (Lipinski definition) is 8. The fraction of sp³-hybridized carbons (Fsp3) is 0.105. The van der Waals surface area contributed by atoms with Crippen LogP contribution in [0.5, 0.6) is 0 Å². The Bertz CT molecular complexity index is 1090. The summed E-state index contributed by atoms with van der Waals surface area (Å²) in [7, 11) is 0. The largest absolute Gasteiger partial charge is 0.369 e. The fourth-order valence-electron chi connectivity index (χ4n) is 2.28. The molecule has 0 aliphatic rings. The third-order valence-corrected chi connectivity index (χ3v) is 6.81. The molecule has 0 aliphatic carbocycles. The molecular weight excluding hydrogens is 461 g/mol. The van der Waals surface area contributed by atoms with Crippen molar-refractivity contribution in [2.45, 2.75) is 8.68 Å². The molecule has 160 valence electrons. The Labute approximate surface area is 189 Å². The summed E-state index contributed by atoms with van der Waals surface area (Å²) in [5, 5.41) is 13.3. The van der Waals surface area contributed by atoms with E-state index in [-0.39, 0.29) is 23.0 Å². The fourth-order valence-corrected chi connectivity index (χ4v) is 4.84. The predicted octanol–water partition coefficient (Wildman–Crippen LogP) is 3.24. The van der Waals surface area contributed by atoms with Gasteiger partial charge in [0.1, 0.15) is 5.82 Å². The molecule has 4 N–H and O–H groups in total. The average molecular weight is 478 g/mol. The Balaban J connectivity index is 1.57. The quantitative estimate of drug-likeness (QED) is 0.404. The minimum absolute atomic E-state index is 0.0586. The number of nitrogens with zero attached hydrogens (tertiary/aromatic N) is 2. The molecule has 0 fully saturated rings. The van der Waals surface area contributed by atoms with Gasteiger partial charge in [-0.25, -0.2) is 4.39 Å². The summed E-state index contributed by atoms with van der Waals surface area (Å²) in [6, 6.07) is 11.9. The summed E-state index contributed by atoms with van der Waals surface area (Å²) in [5.74, 6) is -1.45. The van der Waals surface area contributed by atoms with Gasteiger partial charge in [-0.05, 0) is 36.4 Å². The lowest BCUT2D eigenvalue weighted by atomic mass is 10.1. The van der Waals surface area contributed by atoms with Gasteiger partial charge in [0.05, 0.1) is 22.8 Å². The SMILES string of the molecule is NC(=O)CSc1nnc(SCC(=O)Nc2ccccc2C(=O)Nc2ccc(F)cc2)s1. The number of hydrogen-bond donors (Lipinski definition) is 3. The number of para-hydroxylation sites is 1. The number of benzene rings is 2. The van der Waals surface area contributed by atoms with Gasteiger partial charge in [0.25, 0.3) is 5.91 Å². The standard InChI is InChI=1S/C19H16FN5O3S3/c20-11-5-7-12(8-6-11)22-17(28)13-3-1-2-4-14(13)23-16(27)10-30-19-25-24-18(31-19)29-9-15(21)26/h1-8H,9-10H2,(H2,21,26)(H,22,28)(H,23,27). The van der Waals surface area contributed by atoms with Crippen molar-refractivity contribution in [1.29, 1.82) is 0 Å². The van der Waals surface area contributed by atoms with Gasteiger partial charge in [0, 0.05) is 5.69 Å². The molecule has 3 rings (SSSR count). The van der Waals surface area contributed by atoms with Crippen LogP contribution in [-0.4, -0.2) is 39.4 Å². The zero-order valence-corrected chi connectivity index (χ0v) is 18.3. The van der Waals surface area contributed by atoms with E-state index >= 15 is 0 Å². The molecule has 2 aromatic carbocycles. The van der Waals surface area contributed by atoms with Crippen molar-refractivity contribution in [3.8, 4) is 0 Å². The van der Waals surface area contributed by atoms with Crippen LogP contribution in [0.1, 0.15) is 10.4 Å². The first-order chi connectivity index (χ1) is 14.9. The third kappa shape index (κ3) is 7.05. The topological polar surface area (TPSA) is 127 Å². The van der Waals surface area contributed by atoms with Crippen LogP contribution in [0.2, 0.25) is 0 Å². The number of carbonyl (C=O) groups is 3. The Hall–Kier alpha value is -2.96. The van der Waals surface area contributed by atoms with Crippen LogP contribution < -0.4 is 16.4 Å².